The molecule has 0 amide bonds. The first-order chi connectivity index (χ1) is 15.7. The molecule has 0 aliphatic rings. The van der Waals surface area contributed by atoms with Crippen LogP contribution in [0.1, 0.15) is 0 Å². The van der Waals surface area contributed by atoms with Gasteiger partial charge in [0.1, 0.15) is 23.0 Å². The summed E-state index contributed by atoms with van der Waals surface area (Å²) in [7, 11) is -4.88. The van der Waals surface area contributed by atoms with E-state index in [2.05, 4.69) is 0 Å². The zero-order chi connectivity index (χ0) is 24.0. The smallest absolute Gasteiger partial charge is 0.206 e. The van der Waals surface area contributed by atoms with E-state index in [1.807, 2.05) is 0 Å². The topological polar surface area (TPSA) is 132 Å². The van der Waals surface area contributed by atoms with Gasteiger partial charge in [0.15, 0.2) is 0 Å². The maximum Gasteiger partial charge on any atom is 0.206 e. The fraction of sp³-hybridized carbons (Fsp3) is 0. The zero-order valence-electron chi connectivity index (χ0n) is 17.1. The summed E-state index contributed by atoms with van der Waals surface area (Å²) in [6.07, 6.45) is 0. The number of aromatic hydroxyl groups is 4. The Labute approximate surface area is 193 Å². The molecule has 170 valence electrons. The van der Waals surface area contributed by atoms with Crippen LogP contribution < -0.4 is 0 Å². The zero-order valence-corrected chi connectivity index (χ0v) is 18.7. The molecule has 4 rings (SSSR count). The molecule has 0 aromatic heterocycles. The van der Waals surface area contributed by atoms with Crippen LogP contribution in [-0.2, 0) is 20.6 Å². The molecule has 0 radical (unpaired) electrons. The lowest BCUT2D eigenvalue weighted by molar-refractivity contribution is 0.474. The summed E-state index contributed by atoms with van der Waals surface area (Å²) in [4.78, 5) is 1.42. The molecule has 0 atom stereocenters. The normalized spacial score (nSPS) is 10.9. The third kappa shape index (κ3) is 6.12. The highest BCUT2D eigenvalue weighted by Gasteiger charge is 2.17. The molecule has 0 spiro atoms. The molecule has 0 saturated carbocycles. The first-order valence-corrected chi connectivity index (χ1v) is 12.1. The molecule has 4 aromatic carbocycles. The van der Waals surface area contributed by atoms with Crippen LogP contribution >= 0.6 is 0 Å². The van der Waals surface area contributed by atoms with E-state index in [1.165, 1.54) is 72.8 Å². The fourth-order valence-electron chi connectivity index (χ4n) is 2.66. The third-order valence-corrected chi connectivity index (χ3v) is 7.58. The molecule has 4 N–H and O–H groups in total. The average Bonchev–Trinajstić information content (AvgIpc) is 2.81. The van der Waals surface area contributed by atoms with Crippen molar-refractivity contribution in [3.63, 3.8) is 0 Å². The van der Waals surface area contributed by atoms with E-state index in [0.717, 1.165) is 0 Å². The van der Waals surface area contributed by atoms with Gasteiger partial charge in [0.2, 0.25) is 9.84 Å². The standard InChI is InChI=1S/C12H10O4S.C12H10O3S/c13-9-1-5-11(6-2-9)17(15,16)12-7-3-10(14)4-8-12;13-9-1-5-11(6-2-9)16(15)12-7-3-10(14)4-8-12/h1-8,13-14H;1-8,13-14H. The number of sulfone groups is 1. The molecule has 0 unspecified atom stereocenters. The maximum absolute atomic E-state index is 12.1. The Hall–Kier alpha value is -3.82. The van der Waals surface area contributed by atoms with Crippen molar-refractivity contribution in [2.45, 2.75) is 19.6 Å². The molecular formula is C24H20O7S2. The van der Waals surface area contributed by atoms with Crippen molar-refractivity contribution >= 4 is 20.6 Å². The van der Waals surface area contributed by atoms with Crippen LogP contribution in [0.15, 0.2) is 117 Å². The van der Waals surface area contributed by atoms with E-state index < -0.39 is 20.6 Å². The van der Waals surface area contributed by atoms with Crippen molar-refractivity contribution in [2.75, 3.05) is 0 Å². The Bertz CT molecular complexity index is 1230. The Morgan fingerprint density at radius 3 is 0.970 bits per heavy atom. The third-order valence-electron chi connectivity index (χ3n) is 4.40. The van der Waals surface area contributed by atoms with Crippen molar-refractivity contribution in [3.05, 3.63) is 97.1 Å². The molecule has 7 nitrogen and oxygen atoms in total. The van der Waals surface area contributed by atoms with Gasteiger partial charge in [0, 0.05) is 9.79 Å². The second-order valence-electron chi connectivity index (χ2n) is 6.75. The highest BCUT2D eigenvalue weighted by Crippen LogP contribution is 2.24. The van der Waals surface area contributed by atoms with Gasteiger partial charge in [0.25, 0.3) is 0 Å². The monoisotopic (exact) mass is 484 g/mol. The maximum atomic E-state index is 12.1. The van der Waals surface area contributed by atoms with Gasteiger partial charge in [-0.3, -0.25) is 0 Å². The van der Waals surface area contributed by atoms with Gasteiger partial charge < -0.3 is 20.4 Å². The minimum Gasteiger partial charge on any atom is -0.508 e. The van der Waals surface area contributed by atoms with E-state index in [4.69, 9.17) is 20.4 Å². The highest BCUT2D eigenvalue weighted by atomic mass is 32.2. The van der Waals surface area contributed by atoms with Gasteiger partial charge in [-0.2, -0.15) is 0 Å². The van der Waals surface area contributed by atoms with Crippen molar-refractivity contribution in [3.8, 4) is 23.0 Å². The van der Waals surface area contributed by atoms with Gasteiger partial charge >= 0.3 is 0 Å². The minimum absolute atomic E-state index is 0.00894. The first kappa shape index (κ1) is 23.8. The first-order valence-electron chi connectivity index (χ1n) is 9.50. The lowest BCUT2D eigenvalue weighted by Gasteiger charge is -2.04. The number of hydrogen-bond acceptors (Lipinski definition) is 7. The van der Waals surface area contributed by atoms with E-state index >= 15 is 0 Å². The quantitative estimate of drug-likeness (QED) is 0.341. The average molecular weight is 485 g/mol. The van der Waals surface area contributed by atoms with Crippen LogP contribution in [-0.4, -0.2) is 33.1 Å². The summed E-state index contributed by atoms with van der Waals surface area (Å²) in [5.74, 6) is 0.308. The summed E-state index contributed by atoms with van der Waals surface area (Å²) in [5, 5.41) is 36.4. The van der Waals surface area contributed by atoms with E-state index in [0.29, 0.717) is 9.79 Å². The lowest BCUT2D eigenvalue weighted by Crippen LogP contribution is -2.01. The lowest BCUT2D eigenvalue weighted by atomic mass is 10.3. The largest absolute Gasteiger partial charge is 0.508 e. The van der Waals surface area contributed by atoms with Crippen molar-refractivity contribution in [1.29, 1.82) is 0 Å². The van der Waals surface area contributed by atoms with E-state index in [9.17, 15) is 12.6 Å². The van der Waals surface area contributed by atoms with Crippen LogP contribution in [0.25, 0.3) is 0 Å². The minimum atomic E-state index is -3.59. The predicted octanol–water partition coefficient (Wildman–Crippen LogP) is 4.20. The molecule has 0 fully saturated rings. The summed E-state index contributed by atoms with van der Waals surface area (Å²) in [6, 6.07) is 23.0. The number of phenols is 4. The number of rotatable bonds is 4. The molecule has 0 aliphatic carbocycles. The van der Waals surface area contributed by atoms with Crippen molar-refractivity contribution in [2.24, 2.45) is 0 Å². The Kier molecular flexibility index (Phi) is 7.37. The number of benzene rings is 4. The van der Waals surface area contributed by atoms with Crippen molar-refractivity contribution in [1.82, 2.24) is 0 Å². The SMILES string of the molecule is O=S(=O)(c1ccc(O)cc1)c1ccc(O)cc1.O=S(c1ccc(O)cc1)c1ccc(O)cc1. The van der Waals surface area contributed by atoms with E-state index in [-0.39, 0.29) is 32.8 Å². The predicted molar refractivity (Wildman–Crippen MR) is 123 cm³/mol. The molecular weight excluding hydrogens is 464 g/mol. The van der Waals surface area contributed by atoms with Crippen molar-refractivity contribution < 1.29 is 33.1 Å². The molecule has 33 heavy (non-hydrogen) atoms. The van der Waals surface area contributed by atoms with E-state index in [1.54, 1.807) is 24.3 Å². The summed E-state index contributed by atoms with van der Waals surface area (Å²) >= 11 is 0. The van der Waals surface area contributed by atoms with Gasteiger partial charge in [-0.1, -0.05) is 0 Å². The number of hydrogen-bond donors (Lipinski definition) is 4. The molecule has 4 aromatic rings. The Morgan fingerprint density at radius 1 is 0.455 bits per heavy atom. The van der Waals surface area contributed by atoms with Gasteiger partial charge in [-0.15, -0.1) is 0 Å². The second-order valence-corrected chi connectivity index (χ2v) is 10.2. The Morgan fingerprint density at radius 2 is 0.697 bits per heavy atom. The fourth-order valence-corrected chi connectivity index (χ4v) is 4.96. The molecule has 0 bridgehead atoms. The summed E-state index contributed by atoms with van der Waals surface area (Å²) < 4.78 is 36.2. The van der Waals surface area contributed by atoms with Crippen LogP contribution in [0.3, 0.4) is 0 Å². The molecule has 0 saturated heterocycles. The molecule has 9 heteroatoms. The van der Waals surface area contributed by atoms with Crippen LogP contribution in [0.2, 0.25) is 0 Å². The molecule has 0 heterocycles. The second kappa shape index (κ2) is 10.2. The van der Waals surface area contributed by atoms with Crippen LogP contribution in [0.5, 0.6) is 23.0 Å². The highest BCUT2D eigenvalue weighted by molar-refractivity contribution is 7.91. The van der Waals surface area contributed by atoms with Gasteiger partial charge in [-0.25, -0.2) is 12.6 Å². The van der Waals surface area contributed by atoms with Crippen LogP contribution in [0.4, 0.5) is 0 Å². The number of phenolic OH excluding ortho intramolecular Hbond substituents is 4. The Balaban J connectivity index is 0.000000186. The summed E-state index contributed by atoms with van der Waals surface area (Å²) in [6.45, 7) is 0. The van der Waals surface area contributed by atoms with Gasteiger partial charge in [0.05, 0.1) is 20.6 Å². The van der Waals surface area contributed by atoms with Gasteiger partial charge in [-0.05, 0) is 97.1 Å². The van der Waals surface area contributed by atoms with Crippen LogP contribution in [0, 0.1) is 0 Å². The summed E-state index contributed by atoms with van der Waals surface area (Å²) in [5.41, 5.74) is 0. The molecule has 0 aliphatic heterocycles.